The monoisotopic (exact) mass is 447 g/mol. The first-order chi connectivity index (χ1) is 15.6. The van der Waals surface area contributed by atoms with Gasteiger partial charge in [0.05, 0.1) is 12.0 Å². The van der Waals surface area contributed by atoms with Crippen LogP contribution in [0.25, 0.3) is 0 Å². The number of hydrogen-bond acceptors (Lipinski definition) is 5. The molecule has 0 unspecified atom stereocenters. The topological polar surface area (TPSA) is 111 Å². The van der Waals surface area contributed by atoms with E-state index >= 15 is 0 Å². The summed E-state index contributed by atoms with van der Waals surface area (Å²) in [5, 5.41) is 16.7. The maximum Gasteiger partial charge on any atom is 0.311 e. The van der Waals surface area contributed by atoms with Crippen LogP contribution in [0.5, 0.6) is 5.75 Å². The Morgan fingerprint density at radius 1 is 0.848 bits per heavy atom. The van der Waals surface area contributed by atoms with Crippen LogP contribution in [0, 0.1) is 10.1 Å². The zero-order valence-electron chi connectivity index (χ0n) is 18.8. The highest BCUT2D eigenvalue weighted by Gasteiger charge is 2.19. The fraction of sp³-hybridized carbons (Fsp3) is 0.200. The van der Waals surface area contributed by atoms with Crippen molar-refractivity contribution >= 4 is 28.9 Å². The minimum Gasteiger partial charge on any atom is -0.490 e. The summed E-state index contributed by atoms with van der Waals surface area (Å²) in [6.45, 7) is 6.31. The standard InChI is InChI=1S/C25H25N3O5/c1-25(2,3)18-11-8-16(9-12-18)23(29)26-19-6-5-7-20(15-19)27-24(30)17-10-13-22(33-4)21(14-17)28(31)32/h5-15H,1-4H3,(H,26,29)(H,27,30). The average Bonchev–Trinajstić information content (AvgIpc) is 2.78. The van der Waals surface area contributed by atoms with Crippen molar-refractivity contribution in [2.45, 2.75) is 26.2 Å². The number of amides is 2. The lowest BCUT2D eigenvalue weighted by Crippen LogP contribution is -2.15. The summed E-state index contributed by atoms with van der Waals surface area (Å²) >= 11 is 0. The van der Waals surface area contributed by atoms with E-state index in [-0.39, 0.29) is 28.3 Å². The van der Waals surface area contributed by atoms with Crippen LogP contribution in [-0.2, 0) is 5.41 Å². The third kappa shape index (κ3) is 5.74. The third-order valence-electron chi connectivity index (χ3n) is 5.03. The van der Waals surface area contributed by atoms with Gasteiger partial charge in [-0.1, -0.05) is 39.0 Å². The molecule has 0 aromatic heterocycles. The van der Waals surface area contributed by atoms with Crippen LogP contribution >= 0.6 is 0 Å². The molecule has 2 N–H and O–H groups in total. The SMILES string of the molecule is COc1ccc(C(=O)Nc2cccc(NC(=O)c3ccc(C(C)(C)C)cc3)c2)cc1[N+](=O)[O-]. The van der Waals surface area contributed by atoms with E-state index < -0.39 is 10.8 Å². The number of nitro benzene ring substituents is 1. The van der Waals surface area contributed by atoms with Crippen LogP contribution in [0.1, 0.15) is 47.1 Å². The number of anilines is 2. The van der Waals surface area contributed by atoms with Gasteiger partial charge in [-0.25, -0.2) is 0 Å². The van der Waals surface area contributed by atoms with Gasteiger partial charge < -0.3 is 15.4 Å². The normalized spacial score (nSPS) is 10.9. The number of carbonyl (C=O) groups excluding carboxylic acids is 2. The molecule has 0 bridgehead atoms. The molecule has 0 heterocycles. The number of nitro groups is 1. The highest BCUT2D eigenvalue weighted by atomic mass is 16.6. The van der Waals surface area contributed by atoms with Crippen molar-refractivity contribution in [3.63, 3.8) is 0 Å². The van der Waals surface area contributed by atoms with Gasteiger partial charge in [0.15, 0.2) is 5.75 Å². The van der Waals surface area contributed by atoms with Crippen molar-refractivity contribution in [2.75, 3.05) is 17.7 Å². The second kappa shape index (κ2) is 9.52. The molecule has 0 saturated carbocycles. The molecule has 0 aliphatic rings. The maximum absolute atomic E-state index is 12.6. The molecule has 3 rings (SSSR count). The number of methoxy groups -OCH3 is 1. The lowest BCUT2D eigenvalue weighted by molar-refractivity contribution is -0.385. The molecule has 0 saturated heterocycles. The lowest BCUT2D eigenvalue weighted by Gasteiger charge is -2.19. The van der Waals surface area contributed by atoms with E-state index in [9.17, 15) is 19.7 Å². The van der Waals surface area contributed by atoms with E-state index in [0.717, 1.165) is 11.6 Å². The Kier molecular flexibility index (Phi) is 6.77. The molecule has 0 aliphatic heterocycles. The first-order valence-corrected chi connectivity index (χ1v) is 10.2. The number of rotatable bonds is 6. The Hall–Kier alpha value is -4.20. The van der Waals surface area contributed by atoms with Crippen molar-refractivity contribution in [2.24, 2.45) is 0 Å². The summed E-state index contributed by atoms with van der Waals surface area (Å²) in [7, 11) is 1.32. The fourth-order valence-electron chi connectivity index (χ4n) is 3.18. The molecule has 170 valence electrons. The van der Waals surface area contributed by atoms with Gasteiger partial charge in [0.2, 0.25) is 0 Å². The Bertz CT molecular complexity index is 1200. The average molecular weight is 447 g/mol. The number of nitrogens with one attached hydrogen (secondary N) is 2. The van der Waals surface area contributed by atoms with Crippen molar-refractivity contribution in [3.8, 4) is 5.75 Å². The maximum atomic E-state index is 12.6. The summed E-state index contributed by atoms with van der Waals surface area (Å²) in [6, 6.07) is 18.0. The molecule has 0 atom stereocenters. The van der Waals surface area contributed by atoms with Crippen LogP contribution in [0.3, 0.4) is 0 Å². The number of hydrogen-bond donors (Lipinski definition) is 2. The predicted octanol–water partition coefficient (Wildman–Crippen LogP) is 5.41. The van der Waals surface area contributed by atoms with Crippen LogP contribution in [0.2, 0.25) is 0 Å². The fourth-order valence-corrected chi connectivity index (χ4v) is 3.18. The molecular formula is C25H25N3O5. The number of ether oxygens (including phenoxy) is 1. The first-order valence-electron chi connectivity index (χ1n) is 10.2. The van der Waals surface area contributed by atoms with Crippen molar-refractivity contribution < 1.29 is 19.2 Å². The second-order valence-corrected chi connectivity index (χ2v) is 8.46. The minimum absolute atomic E-state index is 0.00808. The summed E-state index contributed by atoms with van der Waals surface area (Å²) < 4.78 is 4.96. The van der Waals surface area contributed by atoms with E-state index in [1.807, 2.05) is 12.1 Å². The van der Waals surface area contributed by atoms with E-state index in [2.05, 4.69) is 31.4 Å². The molecule has 8 nitrogen and oxygen atoms in total. The predicted molar refractivity (Wildman–Crippen MR) is 127 cm³/mol. The van der Waals surface area contributed by atoms with Gasteiger partial charge in [0, 0.05) is 28.6 Å². The van der Waals surface area contributed by atoms with Gasteiger partial charge in [0.1, 0.15) is 0 Å². The largest absolute Gasteiger partial charge is 0.490 e. The Labute approximate surface area is 191 Å². The van der Waals surface area contributed by atoms with Gasteiger partial charge in [-0.15, -0.1) is 0 Å². The van der Waals surface area contributed by atoms with Gasteiger partial charge in [-0.3, -0.25) is 19.7 Å². The molecule has 0 spiro atoms. The van der Waals surface area contributed by atoms with Gasteiger partial charge in [0.25, 0.3) is 11.8 Å². The first kappa shape index (κ1) is 23.5. The smallest absolute Gasteiger partial charge is 0.311 e. The molecule has 0 radical (unpaired) electrons. The van der Waals surface area contributed by atoms with Crippen molar-refractivity contribution in [1.29, 1.82) is 0 Å². The molecule has 33 heavy (non-hydrogen) atoms. The Morgan fingerprint density at radius 2 is 1.39 bits per heavy atom. The highest BCUT2D eigenvalue weighted by molar-refractivity contribution is 6.06. The molecule has 3 aromatic rings. The zero-order valence-corrected chi connectivity index (χ0v) is 18.8. The highest BCUT2D eigenvalue weighted by Crippen LogP contribution is 2.28. The Balaban J connectivity index is 1.72. The van der Waals surface area contributed by atoms with Crippen LogP contribution in [-0.4, -0.2) is 23.8 Å². The van der Waals surface area contributed by atoms with Crippen molar-refractivity contribution in [1.82, 2.24) is 0 Å². The lowest BCUT2D eigenvalue weighted by atomic mass is 9.87. The number of benzene rings is 3. The molecular weight excluding hydrogens is 422 g/mol. The Morgan fingerprint density at radius 3 is 1.91 bits per heavy atom. The van der Waals surface area contributed by atoms with Crippen LogP contribution in [0.4, 0.5) is 17.1 Å². The summed E-state index contributed by atoms with van der Waals surface area (Å²) in [6.07, 6.45) is 0. The van der Waals surface area contributed by atoms with Crippen molar-refractivity contribution in [3.05, 3.63) is 93.5 Å². The van der Waals surface area contributed by atoms with E-state index in [4.69, 9.17) is 4.74 Å². The van der Waals surface area contributed by atoms with E-state index in [1.165, 1.54) is 19.2 Å². The van der Waals surface area contributed by atoms with Crippen LogP contribution < -0.4 is 15.4 Å². The molecule has 2 amide bonds. The third-order valence-corrected chi connectivity index (χ3v) is 5.03. The second-order valence-electron chi connectivity index (χ2n) is 8.46. The number of carbonyl (C=O) groups is 2. The van der Waals surface area contributed by atoms with Gasteiger partial charge >= 0.3 is 5.69 Å². The van der Waals surface area contributed by atoms with E-state index in [1.54, 1.807) is 36.4 Å². The quantitative estimate of drug-likeness (QED) is 0.388. The summed E-state index contributed by atoms with van der Waals surface area (Å²) in [5.41, 5.74) is 2.37. The van der Waals surface area contributed by atoms with E-state index in [0.29, 0.717) is 16.9 Å². The molecule has 0 aliphatic carbocycles. The van der Waals surface area contributed by atoms with Gasteiger partial charge in [-0.2, -0.15) is 0 Å². The zero-order chi connectivity index (χ0) is 24.2. The molecule has 8 heteroatoms. The summed E-state index contributed by atoms with van der Waals surface area (Å²) in [5.74, 6) is -0.733. The minimum atomic E-state index is -0.611. The van der Waals surface area contributed by atoms with Crippen LogP contribution in [0.15, 0.2) is 66.7 Å². The molecule has 3 aromatic carbocycles. The summed E-state index contributed by atoms with van der Waals surface area (Å²) in [4.78, 5) is 35.8. The molecule has 0 fully saturated rings. The van der Waals surface area contributed by atoms with Gasteiger partial charge in [-0.05, 0) is 53.4 Å². The number of nitrogens with zero attached hydrogens (tertiary/aromatic N) is 1.